The molecule has 0 aliphatic carbocycles. The number of nitro groups is 1. The van der Waals surface area contributed by atoms with Gasteiger partial charge >= 0.3 is 30.4 Å². The molecule has 0 unspecified atom stereocenters. The van der Waals surface area contributed by atoms with Gasteiger partial charge in [-0.05, 0) is 12.0 Å². The van der Waals surface area contributed by atoms with E-state index in [4.69, 9.17) is 0 Å². The maximum atomic E-state index is 13.1. The van der Waals surface area contributed by atoms with Crippen molar-refractivity contribution in [3.63, 3.8) is 0 Å². The van der Waals surface area contributed by atoms with E-state index in [2.05, 4.69) is 21.3 Å². The van der Waals surface area contributed by atoms with Gasteiger partial charge in [-0.1, -0.05) is 12.1 Å². The fourth-order valence-electron chi connectivity index (χ4n) is 5.42. The minimum Gasteiger partial charge on any atom is -0.343 e. The average Bonchev–Trinajstić information content (AvgIpc) is 3.08. The number of hydrogen-bond acceptors (Lipinski definition) is 14. The molecule has 2 rings (SSSR count). The van der Waals surface area contributed by atoms with Crippen LogP contribution in [0, 0.1) is 10.1 Å². The van der Waals surface area contributed by atoms with Crippen LogP contribution in [0.4, 0.5) is 5.69 Å². The monoisotopic (exact) mass is 911 g/mol. The van der Waals surface area contributed by atoms with Crippen molar-refractivity contribution in [3.05, 3.63) is 39.9 Å². The Balaban J connectivity index is 2.61. The lowest BCUT2D eigenvalue weighted by Gasteiger charge is -2.38. The molecular weight excluding hydrogens is 862 g/mol. The zero-order chi connectivity index (χ0) is 43.9. The molecule has 0 radical (unpaired) electrons. The SMILES string of the molecule is O=C(CN1CCN(CC(=O)NCP(=O)(O)O)CCN(CC(=O)NCP(=O)(O)O)[C@@H](Cc2ccc([N+](=O)[O-])cc2)CN(CC(=O)NCP(=O)(O)O)CC1)NCP(=O)(O)O. The van der Waals surface area contributed by atoms with Crippen molar-refractivity contribution in [2.75, 3.05) is 97.1 Å². The number of nitro benzene ring substituents is 1. The van der Waals surface area contributed by atoms with E-state index in [1.807, 2.05) is 0 Å². The first kappa shape index (κ1) is 51.1. The van der Waals surface area contributed by atoms with E-state index >= 15 is 0 Å². The van der Waals surface area contributed by atoms with Gasteiger partial charge in [0.15, 0.2) is 0 Å². The van der Waals surface area contributed by atoms with Crippen LogP contribution >= 0.6 is 30.4 Å². The highest BCUT2D eigenvalue weighted by molar-refractivity contribution is 7.52. The van der Waals surface area contributed by atoms with Gasteiger partial charge in [0.1, 0.15) is 25.1 Å². The van der Waals surface area contributed by atoms with E-state index in [-0.39, 0.29) is 57.9 Å². The molecule has 1 aliphatic rings. The van der Waals surface area contributed by atoms with Crippen LogP contribution in [0.15, 0.2) is 24.3 Å². The van der Waals surface area contributed by atoms with Gasteiger partial charge in [0.25, 0.3) is 5.69 Å². The van der Waals surface area contributed by atoms with Crippen LogP contribution in [-0.4, -0.2) is 190 Å². The summed E-state index contributed by atoms with van der Waals surface area (Å²) in [4.78, 5) is 143. The highest BCUT2D eigenvalue weighted by atomic mass is 31.2. The molecule has 330 valence electrons. The second-order valence-electron chi connectivity index (χ2n) is 13.2. The standard InChI is InChI=1S/C27H49N9O18P4/c37-24(28-17-55(43,44)45)13-32-5-6-33(14-25(38)29-18-56(46,47)48)9-10-35(16-27(40)31-20-58(52,53)54)23(11-21-1-3-22(4-2-21)36(41)42)12-34(8-7-32)15-26(39)30-19-57(49,50)51/h1-4,23H,5-20H2,(H,28,37)(H,29,38)(H,30,39)(H,31,40)(H2,43,44,45)(H2,46,47,48)(H2,49,50,51)(H2,52,53,54)/t23-/m0/s1. The summed E-state index contributed by atoms with van der Waals surface area (Å²) in [6.45, 7) is -2.45. The molecule has 1 atom stereocenters. The zero-order valence-corrected chi connectivity index (χ0v) is 34.5. The number of benzene rings is 1. The number of nitrogens with zero attached hydrogens (tertiary/aromatic N) is 5. The third-order valence-electron chi connectivity index (χ3n) is 8.15. The predicted molar refractivity (Wildman–Crippen MR) is 202 cm³/mol. The molecule has 0 spiro atoms. The van der Waals surface area contributed by atoms with Gasteiger partial charge in [0.2, 0.25) is 23.6 Å². The summed E-state index contributed by atoms with van der Waals surface area (Å²) in [7, 11) is -18.7. The van der Waals surface area contributed by atoms with Crippen molar-refractivity contribution < 1.29 is 81.5 Å². The Morgan fingerprint density at radius 1 is 0.569 bits per heavy atom. The van der Waals surface area contributed by atoms with Gasteiger partial charge < -0.3 is 60.4 Å². The molecule has 1 fully saturated rings. The quantitative estimate of drug-likeness (QED) is 0.0355. The van der Waals surface area contributed by atoms with Crippen molar-refractivity contribution in [1.29, 1.82) is 0 Å². The molecule has 1 saturated heterocycles. The normalized spacial score (nSPS) is 17.7. The van der Waals surface area contributed by atoms with E-state index in [1.165, 1.54) is 39.0 Å². The largest absolute Gasteiger partial charge is 0.344 e. The van der Waals surface area contributed by atoms with Crippen molar-refractivity contribution >= 4 is 59.7 Å². The van der Waals surface area contributed by atoms with Crippen LogP contribution in [0.1, 0.15) is 5.56 Å². The van der Waals surface area contributed by atoms with Crippen molar-refractivity contribution in [3.8, 4) is 0 Å². The van der Waals surface area contributed by atoms with Gasteiger partial charge in [0, 0.05) is 64.0 Å². The molecule has 12 N–H and O–H groups in total. The summed E-state index contributed by atoms with van der Waals surface area (Å²) in [5, 5.41) is 19.8. The second kappa shape index (κ2) is 23.1. The summed E-state index contributed by atoms with van der Waals surface area (Å²) in [6, 6.07) is 4.49. The van der Waals surface area contributed by atoms with Crippen LogP contribution in [0.2, 0.25) is 0 Å². The first-order chi connectivity index (χ1) is 26.7. The number of carbonyl (C=O) groups is 4. The van der Waals surface area contributed by atoms with Crippen molar-refractivity contribution in [2.45, 2.75) is 12.5 Å². The smallest absolute Gasteiger partial charge is 0.343 e. The summed E-state index contributed by atoms with van der Waals surface area (Å²) < 4.78 is 45.8. The van der Waals surface area contributed by atoms with Crippen LogP contribution in [0.3, 0.4) is 0 Å². The van der Waals surface area contributed by atoms with Gasteiger partial charge in [-0.15, -0.1) is 0 Å². The van der Waals surface area contributed by atoms with Crippen LogP contribution in [0.5, 0.6) is 0 Å². The van der Waals surface area contributed by atoms with Gasteiger partial charge in [-0.25, -0.2) is 0 Å². The molecule has 4 amide bonds. The van der Waals surface area contributed by atoms with Crippen molar-refractivity contribution in [1.82, 2.24) is 40.9 Å². The summed E-state index contributed by atoms with van der Waals surface area (Å²) in [5.74, 6) is -3.32. The highest BCUT2D eigenvalue weighted by Gasteiger charge is 2.29. The van der Waals surface area contributed by atoms with E-state index < -0.39 is 116 Å². The van der Waals surface area contributed by atoms with Crippen LogP contribution in [-0.2, 0) is 43.9 Å². The lowest BCUT2D eigenvalue weighted by atomic mass is 10.0. The Morgan fingerprint density at radius 2 is 0.897 bits per heavy atom. The molecule has 1 aromatic rings. The third-order valence-corrected chi connectivity index (χ3v) is 10.4. The lowest BCUT2D eigenvalue weighted by molar-refractivity contribution is -0.384. The average molecular weight is 912 g/mol. The maximum Gasteiger partial charge on any atom is 0.344 e. The van der Waals surface area contributed by atoms with Gasteiger partial charge in [0.05, 0.1) is 31.1 Å². The molecule has 1 aliphatic heterocycles. The Bertz CT molecular complexity index is 1770. The highest BCUT2D eigenvalue weighted by Crippen LogP contribution is 2.33. The molecule has 1 heterocycles. The molecule has 0 bridgehead atoms. The summed E-state index contributed by atoms with van der Waals surface area (Å²) in [6.07, 6.45) is -3.95. The van der Waals surface area contributed by atoms with E-state index in [9.17, 15) is 86.7 Å². The molecule has 0 aromatic heterocycles. The Morgan fingerprint density at radius 3 is 1.26 bits per heavy atom. The third kappa shape index (κ3) is 23.5. The minimum atomic E-state index is -4.71. The number of hydrogen-bond donors (Lipinski definition) is 12. The zero-order valence-electron chi connectivity index (χ0n) is 30.9. The molecule has 0 saturated carbocycles. The van der Waals surface area contributed by atoms with Crippen LogP contribution in [0.25, 0.3) is 0 Å². The second-order valence-corrected chi connectivity index (χ2v) is 19.8. The van der Waals surface area contributed by atoms with Gasteiger partial charge in [-0.3, -0.25) is 67.2 Å². The summed E-state index contributed by atoms with van der Waals surface area (Å²) in [5.41, 5.74) is 0.253. The first-order valence-corrected chi connectivity index (χ1v) is 24.2. The molecule has 27 nitrogen and oxygen atoms in total. The first-order valence-electron chi connectivity index (χ1n) is 17.1. The molecule has 1 aromatic carbocycles. The van der Waals surface area contributed by atoms with E-state index in [0.717, 1.165) is 0 Å². The molecular formula is C27H49N9O18P4. The fraction of sp³-hybridized carbons (Fsp3) is 0.630. The lowest BCUT2D eigenvalue weighted by Crippen LogP contribution is -2.55. The summed E-state index contributed by atoms with van der Waals surface area (Å²) >= 11 is 0. The number of rotatable bonds is 19. The molecule has 58 heavy (non-hydrogen) atoms. The topological polar surface area (TPSA) is 403 Å². The maximum absolute atomic E-state index is 13.1. The van der Waals surface area contributed by atoms with Crippen LogP contribution < -0.4 is 21.3 Å². The minimum absolute atomic E-state index is 0.0155. The number of amides is 4. The number of non-ortho nitro benzene ring substituents is 1. The number of carbonyl (C=O) groups excluding carboxylic acids is 4. The number of nitrogens with one attached hydrogen (secondary N) is 4. The van der Waals surface area contributed by atoms with E-state index in [1.54, 1.807) is 4.90 Å². The predicted octanol–water partition coefficient (Wildman–Crippen LogP) is -4.27. The van der Waals surface area contributed by atoms with E-state index in [0.29, 0.717) is 5.56 Å². The Hall–Kier alpha value is -3.06. The molecule has 31 heteroatoms. The van der Waals surface area contributed by atoms with Gasteiger partial charge in [-0.2, -0.15) is 0 Å². The Kier molecular flexibility index (Phi) is 20.3. The Labute approximate surface area is 331 Å². The fourth-order valence-corrected chi connectivity index (χ4v) is 6.95. The van der Waals surface area contributed by atoms with Crippen molar-refractivity contribution in [2.24, 2.45) is 0 Å².